The standard InChI is InChI=1S/C13H27N3O/c1-4-6-11(2)15-13(17)10-16(3)12-7-5-8-14-9-12/h11-12,14H,4-10H2,1-3H3,(H,15,17). The van der Waals surface area contributed by atoms with Gasteiger partial charge in [-0.15, -0.1) is 0 Å². The number of rotatable bonds is 6. The Labute approximate surface area is 105 Å². The number of likely N-dealkylation sites (N-methyl/N-ethyl adjacent to an activating group) is 1. The maximum absolute atomic E-state index is 11.8. The number of carbonyl (C=O) groups is 1. The molecule has 1 amide bonds. The molecule has 0 saturated carbocycles. The Morgan fingerprint density at radius 2 is 2.35 bits per heavy atom. The minimum atomic E-state index is 0.152. The van der Waals surface area contributed by atoms with Crippen LogP contribution in [-0.2, 0) is 4.79 Å². The number of nitrogens with zero attached hydrogens (tertiary/aromatic N) is 1. The Morgan fingerprint density at radius 1 is 1.59 bits per heavy atom. The fourth-order valence-corrected chi connectivity index (χ4v) is 2.39. The summed E-state index contributed by atoms with van der Waals surface area (Å²) in [5.74, 6) is 0.152. The van der Waals surface area contributed by atoms with Gasteiger partial charge >= 0.3 is 0 Å². The van der Waals surface area contributed by atoms with Crippen molar-refractivity contribution in [2.75, 3.05) is 26.7 Å². The highest BCUT2D eigenvalue weighted by Crippen LogP contribution is 2.07. The zero-order chi connectivity index (χ0) is 12.7. The first kappa shape index (κ1) is 14.5. The molecule has 4 nitrogen and oxygen atoms in total. The van der Waals surface area contributed by atoms with E-state index in [1.54, 1.807) is 0 Å². The molecule has 0 aromatic rings. The summed E-state index contributed by atoms with van der Waals surface area (Å²) in [4.78, 5) is 14.0. The Hall–Kier alpha value is -0.610. The maximum atomic E-state index is 11.8. The molecule has 0 aromatic heterocycles. The third kappa shape index (κ3) is 5.50. The number of nitrogens with one attached hydrogen (secondary N) is 2. The third-order valence-corrected chi connectivity index (χ3v) is 3.42. The average molecular weight is 241 g/mol. The number of amides is 1. The molecule has 100 valence electrons. The first-order valence-electron chi connectivity index (χ1n) is 6.83. The number of piperidine rings is 1. The van der Waals surface area contributed by atoms with Crippen molar-refractivity contribution in [1.82, 2.24) is 15.5 Å². The zero-order valence-electron chi connectivity index (χ0n) is 11.5. The van der Waals surface area contributed by atoms with Gasteiger partial charge in [0.25, 0.3) is 0 Å². The van der Waals surface area contributed by atoms with E-state index in [0.717, 1.165) is 25.9 Å². The van der Waals surface area contributed by atoms with Crippen LogP contribution in [0.2, 0.25) is 0 Å². The van der Waals surface area contributed by atoms with Gasteiger partial charge in [0, 0.05) is 18.6 Å². The van der Waals surface area contributed by atoms with E-state index >= 15 is 0 Å². The van der Waals surface area contributed by atoms with E-state index < -0.39 is 0 Å². The van der Waals surface area contributed by atoms with Crippen LogP contribution in [0.5, 0.6) is 0 Å². The molecular formula is C13H27N3O. The molecule has 2 N–H and O–H groups in total. The van der Waals surface area contributed by atoms with Crippen molar-refractivity contribution in [2.24, 2.45) is 0 Å². The lowest BCUT2D eigenvalue weighted by atomic mass is 10.1. The molecule has 0 aromatic carbocycles. The fraction of sp³-hybridized carbons (Fsp3) is 0.923. The van der Waals surface area contributed by atoms with Crippen LogP contribution in [0.15, 0.2) is 0 Å². The third-order valence-electron chi connectivity index (χ3n) is 3.42. The van der Waals surface area contributed by atoms with Gasteiger partial charge in [0.2, 0.25) is 5.91 Å². The van der Waals surface area contributed by atoms with Gasteiger partial charge in [-0.25, -0.2) is 0 Å². The minimum Gasteiger partial charge on any atom is -0.353 e. The molecule has 1 saturated heterocycles. The van der Waals surface area contributed by atoms with Gasteiger partial charge in [0.15, 0.2) is 0 Å². The van der Waals surface area contributed by atoms with E-state index in [2.05, 4.69) is 29.4 Å². The second kappa shape index (κ2) is 7.67. The lowest BCUT2D eigenvalue weighted by Gasteiger charge is -2.31. The normalized spacial score (nSPS) is 22.5. The number of hydrogen-bond acceptors (Lipinski definition) is 3. The maximum Gasteiger partial charge on any atom is 0.234 e. The van der Waals surface area contributed by atoms with Crippen LogP contribution in [0.3, 0.4) is 0 Å². The first-order valence-corrected chi connectivity index (χ1v) is 6.83. The van der Waals surface area contributed by atoms with E-state index in [0.29, 0.717) is 18.6 Å². The van der Waals surface area contributed by atoms with Crippen LogP contribution in [0, 0.1) is 0 Å². The summed E-state index contributed by atoms with van der Waals surface area (Å²) in [5, 5.41) is 6.43. The highest BCUT2D eigenvalue weighted by Gasteiger charge is 2.19. The summed E-state index contributed by atoms with van der Waals surface area (Å²) >= 11 is 0. The Kier molecular flexibility index (Phi) is 6.52. The van der Waals surface area contributed by atoms with Gasteiger partial charge in [-0.1, -0.05) is 13.3 Å². The molecule has 1 aliphatic heterocycles. The quantitative estimate of drug-likeness (QED) is 0.728. The van der Waals surface area contributed by atoms with Crippen molar-refractivity contribution >= 4 is 5.91 Å². The van der Waals surface area contributed by atoms with E-state index in [4.69, 9.17) is 0 Å². The number of hydrogen-bond donors (Lipinski definition) is 2. The molecule has 1 heterocycles. The predicted molar refractivity (Wildman–Crippen MR) is 71.0 cm³/mol. The summed E-state index contributed by atoms with van der Waals surface area (Å²) in [6.45, 7) is 6.85. The highest BCUT2D eigenvalue weighted by atomic mass is 16.2. The van der Waals surface area contributed by atoms with Gasteiger partial charge in [-0.05, 0) is 39.8 Å². The van der Waals surface area contributed by atoms with Crippen molar-refractivity contribution in [3.05, 3.63) is 0 Å². The summed E-state index contributed by atoms with van der Waals surface area (Å²) in [5.41, 5.74) is 0. The lowest BCUT2D eigenvalue weighted by molar-refractivity contribution is -0.123. The Morgan fingerprint density at radius 3 is 2.94 bits per heavy atom. The van der Waals surface area contributed by atoms with Gasteiger partial charge in [0.05, 0.1) is 6.54 Å². The molecule has 1 fully saturated rings. The Balaban J connectivity index is 2.24. The smallest absolute Gasteiger partial charge is 0.234 e. The minimum absolute atomic E-state index is 0.152. The van der Waals surface area contributed by atoms with E-state index in [9.17, 15) is 4.79 Å². The molecule has 2 atom stereocenters. The van der Waals surface area contributed by atoms with Crippen LogP contribution in [-0.4, -0.2) is 49.6 Å². The van der Waals surface area contributed by atoms with Gasteiger partial charge in [-0.3, -0.25) is 9.69 Å². The van der Waals surface area contributed by atoms with E-state index in [1.807, 2.05) is 7.05 Å². The van der Waals surface area contributed by atoms with Crippen LogP contribution < -0.4 is 10.6 Å². The molecule has 0 spiro atoms. The monoisotopic (exact) mass is 241 g/mol. The number of carbonyl (C=O) groups excluding carboxylic acids is 1. The highest BCUT2D eigenvalue weighted by molar-refractivity contribution is 5.78. The summed E-state index contributed by atoms with van der Waals surface area (Å²) in [7, 11) is 2.04. The van der Waals surface area contributed by atoms with Gasteiger partial charge in [-0.2, -0.15) is 0 Å². The molecule has 1 rings (SSSR count). The molecule has 1 aliphatic rings. The Bertz CT molecular complexity index is 227. The van der Waals surface area contributed by atoms with Gasteiger partial charge in [0.1, 0.15) is 0 Å². The van der Waals surface area contributed by atoms with Crippen LogP contribution >= 0.6 is 0 Å². The zero-order valence-corrected chi connectivity index (χ0v) is 11.5. The van der Waals surface area contributed by atoms with E-state index in [-0.39, 0.29) is 5.91 Å². The second-order valence-electron chi connectivity index (χ2n) is 5.17. The molecule has 0 radical (unpaired) electrons. The van der Waals surface area contributed by atoms with Crippen molar-refractivity contribution in [3.8, 4) is 0 Å². The van der Waals surface area contributed by atoms with Crippen molar-refractivity contribution < 1.29 is 4.79 Å². The first-order chi connectivity index (χ1) is 8.13. The molecular weight excluding hydrogens is 214 g/mol. The SMILES string of the molecule is CCCC(C)NC(=O)CN(C)C1CCCNC1. The fourth-order valence-electron chi connectivity index (χ4n) is 2.39. The topological polar surface area (TPSA) is 44.4 Å². The average Bonchev–Trinajstić information content (AvgIpc) is 2.30. The summed E-state index contributed by atoms with van der Waals surface area (Å²) in [6, 6.07) is 0.807. The molecule has 0 aliphatic carbocycles. The van der Waals surface area contributed by atoms with Crippen LogP contribution in [0.1, 0.15) is 39.5 Å². The molecule has 17 heavy (non-hydrogen) atoms. The lowest BCUT2D eigenvalue weighted by Crippen LogP contribution is -2.48. The largest absolute Gasteiger partial charge is 0.353 e. The molecule has 4 heteroatoms. The van der Waals surface area contributed by atoms with Crippen molar-refractivity contribution in [1.29, 1.82) is 0 Å². The second-order valence-corrected chi connectivity index (χ2v) is 5.17. The van der Waals surface area contributed by atoms with Gasteiger partial charge < -0.3 is 10.6 Å². The van der Waals surface area contributed by atoms with Crippen molar-refractivity contribution in [3.63, 3.8) is 0 Å². The van der Waals surface area contributed by atoms with E-state index in [1.165, 1.54) is 12.8 Å². The predicted octanol–water partition coefficient (Wildman–Crippen LogP) is 0.975. The van der Waals surface area contributed by atoms with Crippen molar-refractivity contribution in [2.45, 2.75) is 51.6 Å². The molecule has 0 bridgehead atoms. The summed E-state index contributed by atoms with van der Waals surface area (Å²) < 4.78 is 0. The molecule has 2 unspecified atom stereocenters. The van der Waals surface area contributed by atoms with Crippen LogP contribution in [0.4, 0.5) is 0 Å². The summed E-state index contributed by atoms with van der Waals surface area (Å²) in [6.07, 6.45) is 4.58. The van der Waals surface area contributed by atoms with Crippen LogP contribution in [0.25, 0.3) is 0 Å².